The van der Waals surface area contributed by atoms with Crippen molar-refractivity contribution in [2.24, 2.45) is 11.8 Å². The Morgan fingerprint density at radius 1 is 1.28 bits per heavy atom. The Bertz CT molecular complexity index is 730. The molecule has 6 nitrogen and oxygen atoms in total. The van der Waals surface area contributed by atoms with Crippen molar-refractivity contribution in [2.75, 3.05) is 19.6 Å². The van der Waals surface area contributed by atoms with E-state index in [2.05, 4.69) is 5.32 Å². The number of morpholine rings is 1. The van der Waals surface area contributed by atoms with Crippen molar-refractivity contribution in [3.63, 3.8) is 0 Å². The Balaban J connectivity index is 1.71. The SMILES string of the molecule is Cc1ccc(S(=O)(=O)N2C[C@H]3C[C@@H](C(=O)NCC(C)C)[C@@H](C2)O3)cc1. The van der Waals surface area contributed by atoms with Gasteiger partial charge in [-0.15, -0.1) is 0 Å². The highest BCUT2D eigenvalue weighted by atomic mass is 32.2. The quantitative estimate of drug-likeness (QED) is 0.858. The molecule has 2 heterocycles. The molecular formula is C18H26N2O4S. The first-order chi connectivity index (χ1) is 11.8. The van der Waals surface area contributed by atoms with Crippen LogP contribution in [0.5, 0.6) is 0 Å². The highest BCUT2D eigenvalue weighted by molar-refractivity contribution is 7.89. The molecule has 3 rings (SSSR count). The molecule has 0 radical (unpaired) electrons. The van der Waals surface area contributed by atoms with Crippen LogP contribution in [0.2, 0.25) is 0 Å². The summed E-state index contributed by atoms with van der Waals surface area (Å²) in [7, 11) is -3.56. The van der Waals surface area contributed by atoms with Crippen molar-refractivity contribution < 1.29 is 17.9 Å². The molecule has 0 aromatic heterocycles. The van der Waals surface area contributed by atoms with E-state index in [1.165, 1.54) is 4.31 Å². The minimum absolute atomic E-state index is 0.0317. The fourth-order valence-corrected chi connectivity index (χ4v) is 4.87. The molecule has 0 saturated carbocycles. The number of carbonyl (C=O) groups is 1. The van der Waals surface area contributed by atoms with Gasteiger partial charge in [-0.3, -0.25) is 4.79 Å². The molecule has 0 unspecified atom stereocenters. The third kappa shape index (κ3) is 3.88. The van der Waals surface area contributed by atoms with Crippen LogP contribution in [0, 0.1) is 18.8 Å². The topological polar surface area (TPSA) is 75.7 Å². The van der Waals surface area contributed by atoms with E-state index in [0.29, 0.717) is 30.3 Å². The molecule has 0 aliphatic carbocycles. The number of nitrogens with zero attached hydrogens (tertiary/aromatic N) is 1. The molecule has 7 heteroatoms. The van der Waals surface area contributed by atoms with Crippen LogP contribution in [-0.4, -0.2) is 50.5 Å². The highest BCUT2D eigenvalue weighted by Gasteiger charge is 2.47. The van der Waals surface area contributed by atoms with Gasteiger partial charge >= 0.3 is 0 Å². The molecule has 1 aromatic carbocycles. The molecule has 1 N–H and O–H groups in total. The molecule has 25 heavy (non-hydrogen) atoms. The summed E-state index contributed by atoms with van der Waals surface area (Å²) in [6.45, 7) is 7.16. The molecule has 2 bridgehead atoms. The lowest BCUT2D eigenvalue weighted by atomic mass is 9.99. The van der Waals surface area contributed by atoms with Gasteiger partial charge in [0.1, 0.15) is 0 Å². The highest BCUT2D eigenvalue weighted by Crippen LogP contribution is 2.34. The number of benzene rings is 1. The normalized spacial score (nSPS) is 26.8. The molecular weight excluding hydrogens is 340 g/mol. The predicted octanol–water partition coefficient (Wildman–Crippen LogP) is 1.55. The summed E-state index contributed by atoms with van der Waals surface area (Å²) in [6.07, 6.45) is -0.00553. The number of ether oxygens (including phenoxy) is 1. The minimum Gasteiger partial charge on any atom is -0.371 e. The van der Waals surface area contributed by atoms with Gasteiger partial charge in [-0.1, -0.05) is 31.5 Å². The van der Waals surface area contributed by atoms with E-state index < -0.39 is 10.0 Å². The van der Waals surface area contributed by atoms with Crippen LogP contribution in [0.1, 0.15) is 25.8 Å². The maximum absolute atomic E-state index is 12.9. The van der Waals surface area contributed by atoms with Crippen molar-refractivity contribution in [1.29, 1.82) is 0 Å². The van der Waals surface area contributed by atoms with Gasteiger partial charge < -0.3 is 10.1 Å². The van der Waals surface area contributed by atoms with E-state index in [-0.39, 0.29) is 30.6 Å². The molecule has 3 atom stereocenters. The van der Waals surface area contributed by atoms with Crippen LogP contribution >= 0.6 is 0 Å². The number of hydrogen-bond donors (Lipinski definition) is 1. The number of fused-ring (bicyclic) bond motifs is 2. The summed E-state index contributed by atoms with van der Waals surface area (Å²) in [4.78, 5) is 12.7. The molecule has 1 amide bonds. The second-order valence-corrected chi connectivity index (χ2v) is 9.35. The first kappa shape index (κ1) is 18.4. The molecule has 2 aliphatic heterocycles. The minimum atomic E-state index is -3.56. The molecule has 2 fully saturated rings. The molecule has 2 saturated heterocycles. The summed E-state index contributed by atoms with van der Waals surface area (Å²) in [5.74, 6) is 0.0711. The summed E-state index contributed by atoms with van der Waals surface area (Å²) in [5, 5.41) is 2.94. The van der Waals surface area contributed by atoms with Gasteiger partial charge in [0.25, 0.3) is 0 Å². The van der Waals surface area contributed by atoms with Crippen molar-refractivity contribution in [2.45, 2.75) is 44.3 Å². The van der Waals surface area contributed by atoms with Gasteiger partial charge in [0, 0.05) is 19.6 Å². The van der Waals surface area contributed by atoms with Crippen LogP contribution in [0.15, 0.2) is 29.2 Å². The van der Waals surface area contributed by atoms with Gasteiger partial charge in [-0.2, -0.15) is 4.31 Å². The van der Waals surface area contributed by atoms with Crippen LogP contribution in [0.25, 0.3) is 0 Å². The number of sulfonamides is 1. The maximum Gasteiger partial charge on any atom is 0.243 e. The van der Waals surface area contributed by atoms with Gasteiger partial charge in [-0.25, -0.2) is 8.42 Å². The molecule has 0 spiro atoms. The average molecular weight is 366 g/mol. The zero-order valence-electron chi connectivity index (χ0n) is 14.9. The van der Waals surface area contributed by atoms with Crippen LogP contribution in [0.4, 0.5) is 0 Å². The Labute approximate surface area is 149 Å². The lowest BCUT2D eigenvalue weighted by molar-refractivity contribution is -0.127. The summed E-state index contributed by atoms with van der Waals surface area (Å²) in [5.41, 5.74) is 1.02. The summed E-state index contributed by atoms with van der Waals surface area (Å²) < 4.78 is 33.1. The Morgan fingerprint density at radius 3 is 2.60 bits per heavy atom. The van der Waals surface area contributed by atoms with Gasteiger partial charge in [-0.05, 0) is 31.4 Å². The molecule has 2 aliphatic rings. The van der Waals surface area contributed by atoms with Crippen molar-refractivity contribution in [3.05, 3.63) is 29.8 Å². The zero-order chi connectivity index (χ0) is 18.2. The van der Waals surface area contributed by atoms with E-state index >= 15 is 0 Å². The lowest BCUT2D eigenvalue weighted by Crippen LogP contribution is -2.47. The molecule has 1 aromatic rings. The standard InChI is InChI=1S/C18H26N2O4S/c1-12(2)9-19-18(21)16-8-14-10-20(11-17(16)24-14)25(22,23)15-6-4-13(3)5-7-15/h4-7,12,14,16-17H,8-11H2,1-3H3,(H,19,21)/t14-,16-,17-/m1/s1. The van der Waals surface area contributed by atoms with Crippen molar-refractivity contribution in [3.8, 4) is 0 Å². The Hall–Kier alpha value is -1.44. The number of amides is 1. The number of aryl methyl sites for hydroxylation is 1. The van der Waals surface area contributed by atoms with Crippen LogP contribution < -0.4 is 5.32 Å². The zero-order valence-corrected chi connectivity index (χ0v) is 15.8. The Kier molecular flexibility index (Phi) is 5.18. The smallest absolute Gasteiger partial charge is 0.243 e. The number of carbonyl (C=O) groups excluding carboxylic acids is 1. The molecule has 138 valence electrons. The largest absolute Gasteiger partial charge is 0.371 e. The fourth-order valence-electron chi connectivity index (χ4n) is 3.39. The third-order valence-corrected chi connectivity index (χ3v) is 6.65. The van der Waals surface area contributed by atoms with E-state index in [4.69, 9.17) is 4.74 Å². The predicted molar refractivity (Wildman–Crippen MR) is 94.6 cm³/mol. The summed E-state index contributed by atoms with van der Waals surface area (Å²) >= 11 is 0. The van der Waals surface area contributed by atoms with Gasteiger partial charge in [0.15, 0.2) is 0 Å². The monoisotopic (exact) mass is 366 g/mol. The summed E-state index contributed by atoms with van der Waals surface area (Å²) in [6, 6.07) is 6.86. The maximum atomic E-state index is 12.9. The lowest BCUT2D eigenvalue weighted by Gasteiger charge is -2.32. The first-order valence-corrected chi connectivity index (χ1v) is 10.2. The van der Waals surface area contributed by atoms with Crippen molar-refractivity contribution >= 4 is 15.9 Å². The number of rotatable bonds is 5. The number of nitrogens with one attached hydrogen (secondary N) is 1. The third-order valence-electron chi connectivity index (χ3n) is 4.80. The van der Waals surface area contributed by atoms with Gasteiger partial charge in [0.05, 0.1) is 23.0 Å². The van der Waals surface area contributed by atoms with Crippen LogP contribution in [0.3, 0.4) is 0 Å². The first-order valence-electron chi connectivity index (χ1n) is 8.77. The second-order valence-electron chi connectivity index (χ2n) is 7.41. The second kappa shape index (κ2) is 7.05. The average Bonchev–Trinajstić information content (AvgIpc) is 2.86. The Morgan fingerprint density at radius 2 is 1.96 bits per heavy atom. The van der Waals surface area contributed by atoms with E-state index in [1.54, 1.807) is 24.3 Å². The van der Waals surface area contributed by atoms with Crippen LogP contribution in [-0.2, 0) is 19.6 Å². The van der Waals surface area contributed by atoms with E-state index in [1.807, 2.05) is 20.8 Å². The van der Waals surface area contributed by atoms with Crippen molar-refractivity contribution in [1.82, 2.24) is 9.62 Å². The number of hydrogen-bond acceptors (Lipinski definition) is 4. The fraction of sp³-hybridized carbons (Fsp3) is 0.611. The van der Waals surface area contributed by atoms with Gasteiger partial charge in [0.2, 0.25) is 15.9 Å². The van der Waals surface area contributed by atoms with E-state index in [0.717, 1.165) is 5.56 Å². The van der Waals surface area contributed by atoms with E-state index in [9.17, 15) is 13.2 Å².